The van der Waals surface area contributed by atoms with Crippen molar-refractivity contribution < 1.29 is 9.59 Å². The summed E-state index contributed by atoms with van der Waals surface area (Å²) in [5.74, 6) is -0.0613. The van der Waals surface area contributed by atoms with Gasteiger partial charge in [-0.2, -0.15) is 0 Å². The number of carbonyl (C=O) groups excluding carboxylic acids is 2. The van der Waals surface area contributed by atoms with Gasteiger partial charge in [-0.05, 0) is 47.0 Å². The van der Waals surface area contributed by atoms with Crippen molar-refractivity contribution in [1.29, 1.82) is 0 Å². The molecule has 1 aromatic carbocycles. The molecule has 4 nitrogen and oxygen atoms in total. The highest BCUT2D eigenvalue weighted by molar-refractivity contribution is 9.10. The van der Waals surface area contributed by atoms with Crippen LogP contribution in [0.3, 0.4) is 0 Å². The molecule has 2 amide bonds. The van der Waals surface area contributed by atoms with Gasteiger partial charge in [0.05, 0.1) is 5.56 Å². The molecule has 0 aliphatic carbocycles. The van der Waals surface area contributed by atoms with Crippen molar-refractivity contribution in [1.82, 2.24) is 10.6 Å². The lowest BCUT2D eigenvalue weighted by atomic mass is 10.1. The van der Waals surface area contributed by atoms with E-state index < -0.39 is 0 Å². The van der Waals surface area contributed by atoms with Crippen LogP contribution in [0.5, 0.6) is 0 Å². The van der Waals surface area contributed by atoms with Gasteiger partial charge in [0.1, 0.15) is 0 Å². The van der Waals surface area contributed by atoms with E-state index in [1.807, 2.05) is 19.1 Å². The molecule has 1 aliphatic heterocycles. The zero-order valence-corrected chi connectivity index (χ0v) is 11.7. The van der Waals surface area contributed by atoms with Gasteiger partial charge < -0.3 is 10.6 Å². The van der Waals surface area contributed by atoms with E-state index in [1.54, 1.807) is 6.07 Å². The van der Waals surface area contributed by atoms with Gasteiger partial charge in [0.25, 0.3) is 5.91 Å². The fourth-order valence-corrected chi connectivity index (χ4v) is 2.62. The predicted octanol–water partition coefficient (Wildman–Crippen LogP) is 1.77. The Bertz CT molecular complexity index is 488. The molecule has 2 N–H and O–H groups in total. The second-order valence-electron chi connectivity index (χ2n) is 4.50. The molecule has 1 aromatic rings. The number of amides is 2. The fraction of sp³-hybridized carbons (Fsp3) is 0.385. The van der Waals surface area contributed by atoms with Gasteiger partial charge in [-0.3, -0.25) is 9.59 Å². The Balaban J connectivity index is 1.93. The van der Waals surface area contributed by atoms with Gasteiger partial charge in [-0.25, -0.2) is 0 Å². The minimum Gasteiger partial charge on any atom is -0.352 e. The van der Waals surface area contributed by atoms with Crippen LogP contribution < -0.4 is 10.6 Å². The first-order chi connectivity index (χ1) is 8.56. The molecule has 1 aliphatic rings. The molecular weight excluding hydrogens is 296 g/mol. The molecule has 1 fully saturated rings. The van der Waals surface area contributed by atoms with E-state index in [0.29, 0.717) is 18.5 Å². The molecule has 2 rings (SSSR count). The van der Waals surface area contributed by atoms with Gasteiger partial charge in [-0.15, -0.1) is 0 Å². The molecule has 0 aromatic heterocycles. The van der Waals surface area contributed by atoms with Crippen molar-refractivity contribution in [3.05, 3.63) is 33.8 Å². The van der Waals surface area contributed by atoms with E-state index >= 15 is 0 Å². The van der Waals surface area contributed by atoms with Gasteiger partial charge in [0.15, 0.2) is 0 Å². The third-order valence-electron chi connectivity index (χ3n) is 2.96. The summed E-state index contributed by atoms with van der Waals surface area (Å²) < 4.78 is 0.787. The monoisotopic (exact) mass is 310 g/mol. The lowest BCUT2D eigenvalue weighted by molar-refractivity contribution is -0.119. The summed E-state index contributed by atoms with van der Waals surface area (Å²) in [6.07, 6.45) is 1.34. The average Bonchev–Trinajstić information content (AvgIpc) is 2.72. The number of benzene rings is 1. The number of hydrogen-bond donors (Lipinski definition) is 2. The summed E-state index contributed by atoms with van der Waals surface area (Å²) in [4.78, 5) is 23.0. The van der Waals surface area contributed by atoms with E-state index in [-0.39, 0.29) is 17.9 Å². The van der Waals surface area contributed by atoms with Gasteiger partial charge in [-0.1, -0.05) is 6.07 Å². The van der Waals surface area contributed by atoms with E-state index in [1.165, 1.54) is 0 Å². The Kier molecular flexibility index (Phi) is 4.01. The summed E-state index contributed by atoms with van der Waals surface area (Å²) in [6, 6.07) is 5.66. The summed E-state index contributed by atoms with van der Waals surface area (Å²) in [7, 11) is 0. The van der Waals surface area contributed by atoms with Crippen LogP contribution in [-0.4, -0.2) is 24.4 Å². The summed E-state index contributed by atoms with van der Waals surface area (Å²) in [5, 5.41) is 5.66. The highest BCUT2D eigenvalue weighted by atomic mass is 79.9. The predicted molar refractivity (Wildman–Crippen MR) is 72.4 cm³/mol. The maximum atomic E-state index is 12.0. The highest BCUT2D eigenvalue weighted by Crippen LogP contribution is 2.18. The van der Waals surface area contributed by atoms with Crippen molar-refractivity contribution >= 4 is 27.7 Å². The lowest BCUT2D eigenvalue weighted by Gasteiger charge is -2.12. The molecule has 18 heavy (non-hydrogen) atoms. The fourth-order valence-electron chi connectivity index (χ4n) is 1.95. The van der Waals surface area contributed by atoms with Crippen LogP contribution in [0.25, 0.3) is 0 Å². The van der Waals surface area contributed by atoms with Crippen molar-refractivity contribution in [2.24, 2.45) is 0 Å². The first-order valence-corrected chi connectivity index (χ1v) is 6.69. The minimum absolute atomic E-state index is 0.0608. The Morgan fingerprint density at radius 1 is 1.56 bits per heavy atom. The summed E-state index contributed by atoms with van der Waals surface area (Å²) in [6.45, 7) is 2.45. The Labute approximate surface area is 114 Å². The Hall–Kier alpha value is -1.36. The first kappa shape index (κ1) is 13.1. The molecule has 1 atom stereocenters. The lowest BCUT2D eigenvalue weighted by Crippen LogP contribution is -2.38. The first-order valence-electron chi connectivity index (χ1n) is 5.90. The van der Waals surface area contributed by atoms with Gasteiger partial charge >= 0.3 is 0 Å². The van der Waals surface area contributed by atoms with Crippen LogP contribution >= 0.6 is 15.9 Å². The highest BCUT2D eigenvalue weighted by Gasteiger charge is 2.21. The maximum Gasteiger partial charge on any atom is 0.252 e. The number of carbonyl (C=O) groups is 2. The number of halogens is 1. The second-order valence-corrected chi connectivity index (χ2v) is 5.35. The SMILES string of the molecule is Cc1ccc(C(=O)NCC2CCC(=O)N2)c(Br)c1. The van der Waals surface area contributed by atoms with E-state index in [4.69, 9.17) is 0 Å². The van der Waals surface area contributed by atoms with Crippen molar-refractivity contribution in [2.75, 3.05) is 6.54 Å². The van der Waals surface area contributed by atoms with E-state index in [0.717, 1.165) is 16.5 Å². The molecule has 0 spiro atoms. The summed E-state index contributed by atoms with van der Waals surface area (Å²) in [5.41, 5.74) is 1.71. The molecule has 1 heterocycles. The number of rotatable bonds is 3. The van der Waals surface area contributed by atoms with Crippen molar-refractivity contribution in [2.45, 2.75) is 25.8 Å². The molecule has 96 valence electrons. The molecule has 0 radical (unpaired) electrons. The number of aryl methyl sites for hydroxylation is 1. The minimum atomic E-state index is -0.122. The summed E-state index contributed by atoms with van der Waals surface area (Å²) >= 11 is 3.38. The normalized spacial score (nSPS) is 18.6. The molecule has 0 saturated carbocycles. The molecule has 0 bridgehead atoms. The van der Waals surface area contributed by atoms with Crippen LogP contribution in [0, 0.1) is 6.92 Å². The zero-order valence-electron chi connectivity index (χ0n) is 10.1. The smallest absolute Gasteiger partial charge is 0.252 e. The molecular formula is C13H15BrN2O2. The zero-order chi connectivity index (χ0) is 13.1. The Morgan fingerprint density at radius 3 is 2.94 bits per heavy atom. The number of hydrogen-bond acceptors (Lipinski definition) is 2. The van der Waals surface area contributed by atoms with Crippen LogP contribution in [0.1, 0.15) is 28.8 Å². The standard InChI is InChI=1S/C13H15BrN2O2/c1-8-2-4-10(11(14)6-8)13(18)15-7-9-3-5-12(17)16-9/h2,4,6,9H,3,5,7H2,1H3,(H,15,18)(H,16,17). The number of nitrogens with one attached hydrogen (secondary N) is 2. The molecule has 1 unspecified atom stereocenters. The van der Waals surface area contributed by atoms with Crippen LogP contribution in [0.4, 0.5) is 0 Å². The van der Waals surface area contributed by atoms with Crippen LogP contribution in [0.2, 0.25) is 0 Å². The quantitative estimate of drug-likeness (QED) is 0.894. The third-order valence-corrected chi connectivity index (χ3v) is 3.62. The van der Waals surface area contributed by atoms with Gasteiger partial charge in [0, 0.05) is 23.5 Å². The third kappa shape index (κ3) is 3.10. The van der Waals surface area contributed by atoms with Gasteiger partial charge in [0.2, 0.25) is 5.91 Å². The van der Waals surface area contributed by atoms with Crippen molar-refractivity contribution in [3.8, 4) is 0 Å². The Morgan fingerprint density at radius 2 is 2.33 bits per heavy atom. The average molecular weight is 311 g/mol. The molecule has 5 heteroatoms. The van der Waals surface area contributed by atoms with Crippen LogP contribution in [-0.2, 0) is 4.79 Å². The largest absolute Gasteiger partial charge is 0.352 e. The molecule has 1 saturated heterocycles. The second kappa shape index (κ2) is 5.52. The van der Waals surface area contributed by atoms with E-state index in [2.05, 4.69) is 26.6 Å². The maximum absolute atomic E-state index is 12.0. The van der Waals surface area contributed by atoms with E-state index in [9.17, 15) is 9.59 Å². The van der Waals surface area contributed by atoms with Crippen molar-refractivity contribution in [3.63, 3.8) is 0 Å². The topological polar surface area (TPSA) is 58.2 Å². The van der Waals surface area contributed by atoms with Crippen LogP contribution in [0.15, 0.2) is 22.7 Å².